The van der Waals surface area contributed by atoms with E-state index in [0.717, 1.165) is 25.0 Å². The number of hydrogen-bond donors (Lipinski definition) is 3. The molecule has 0 radical (unpaired) electrons. The number of carbonyl (C=O) groups excluding carboxylic acids is 2. The molecule has 11 nitrogen and oxygen atoms in total. The molecule has 204 valence electrons. The van der Waals surface area contributed by atoms with Crippen LogP contribution < -0.4 is 15.4 Å². The lowest BCUT2D eigenvalue weighted by Gasteiger charge is -2.16. The van der Waals surface area contributed by atoms with E-state index in [1.54, 1.807) is 30.7 Å². The molecule has 14 heteroatoms. The Morgan fingerprint density at radius 2 is 1.87 bits per heavy atom. The monoisotopic (exact) mass is 535 g/mol. The molecule has 2 aromatic heterocycles. The molecule has 0 aliphatic carbocycles. The number of rotatable bonds is 12. The van der Waals surface area contributed by atoms with Crippen LogP contribution in [0.1, 0.15) is 48.4 Å². The molecule has 0 unspecified atom stereocenters. The van der Waals surface area contributed by atoms with Crippen LogP contribution in [0.2, 0.25) is 0 Å². The summed E-state index contributed by atoms with van der Waals surface area (Å²) in [7, 11) is 0. The van der Waals surface area contributed by atoms with Gasteiger partial charge in [0, 0.05) is 13.1 Å². The Balaban J connectivity index is 1.39. The summed E-state index contributed by atoms with van der Waals surface area (Å²) in [5.41, 5.74) is 0.205. The van der Waals surface area contributed by atoms with Gasteiger partial charge in [-0.25, -0.2) is 0 Å². The van der Waals surface area contributed by atoms with E-state index in [1.807, 2.05) is 0 Å². The first kappa shape index (κ1) is 28.5. The topological polar surface area (TPSA) is 144 Å². The number of aliphatic hydroxyl groups is 1. The minimum absolute atomic E-state index is 0.0941. The molecule has 3 aromatic rings. The molecule has 0 atom stereocenters. The van der Waals surface area contributed by atoms with Crippen molar-refractivity contribution in [3.63, 3.8) is 0 Å². The Bertz CT molecular complexity index is 1220. The van der Waals surface area contributed by atoms with Gasteiger partial charge in [-0.3, -0.25) is 14.3 Å². The third-order valence-corrected chi connectivity index (χ3v) is 5.01. The van der Waals surface area contributed by atoms with Crippen molar-refractivity contribution in [1.29, 1.82) is 0 Å². The van der Waals surface area contributed by atoms with Crippen LogP contribution >= 0.6 is 0 Å². The third-order valence-electron chi connectivity index (χ3n) is 5.01. The van der Waals surface area contributed by atoms with Crippen molar-refractivity contribution in [2.45, 2.75) is 58.0 Å². The SMILES string of the molecule is CC(C)(O)CNC(=O)c1cn(CCCCc2ccc(NC(=O)Cc3cccc(OC(F)(F)F)c3)nn2)nn1. The first-order valence-corrected chi connectivity index (χ1v) is 11.7. The molecule has 0 saturated carbocycles. The van der Waals surface area contributed by atoms with Crippen LogP contribution in [0.4, 0.5) is 19.0 Å². The second kappa shape index (κ2) is 12.4. The van der Waals surface area contributed by atoms with Crippen LogP contribution in [0.5, 0.6) is 5.75 Å². The van der Waals surface area contributed by atoms with E-state index in [2.05, 4.69) is 35.9 Å². The lowest BCUT2D eigenvalue weighted by molar-refractivity contribution is -0.274. The van der Waals surface area contributed by atoms with Gasteiger partial charge in [0.15, 0.2) is 11.5 Å². The molecule has 0 aliphatic heterocycles. The molecule has 0 spiro atoms. The van der Waals surface area contributed by atoms with Gasteiger partial charge in [-0.2, -0.15) is 5.10 Å². The van der Waals surface area contributed by atoms with Gasteiger partial charge in [0.25, 0.3) is 5.91 Å². The molecule has 0 aliphatic rings. The van der Waals surface area contributed by atoms with E-state index < -0.39 is 29.5 Å². The van der Waals surface area contributed by atoms with Crippen molar-refractivity contribution in [2.75, 3.05) is 11.9 Å². The fraction of sp³-hybridized carbons (Fsp3) is 0.417. The van der Waals surface area contributed by atoms with Gasteiger partial charge in [0.2, 0.25) is 5.91 Å². The summed E-state index contributed by atoms with van der Waals surface area (Å²) >= 11 is 0. The number of alkyl halides is 3. The number of amides is 2. The maximum Gasteiger partial charge on any atom is 0.573 e. The lowest BCUT2D eigenvalue weighted by Crippen LogP contribution is -2.38. The van der Waals surface area contributed by atoms with E-state index in [4.69, 9.17) is 0 Å². The van der Waals surface area contributed by atoms with Gasteiger partial charge in [-0.15, -0.1) is 23.4 Å². The Hall–Kier alpha value is -4.07. The predicted molar refractivity (Wildman–Crippen MR) is 129 cm³/mol. The van der Waals surface area contributed by atoms with Crippen LogP contribution in [-0.4, -0.2) is 60.6 Å². The number of hydrogen-bond acceptors (Lipinski definition) is 8. The first-order chi connectivity index (χ1) is 17.9. The fourth-order valence-electron chi connectivity index (χ4n) is 3.26. The highest BCUT2D eigenvalue weighted by Gasteiger charge is 2.31. The second-order valence-corrected chi connectivity index (χ2v) is 9.15. The van der Waals surface area contributed by atoms with Gasteiger partial charge in [-0.1, -0.05) is 17.3 Å². The smallest absolute Gasteiger partial charge is 0.406 e. The fourth-order valence-corrected chi connectivity index (χ4v) is 3.26. The highest BCUT2D eigenvalue weighted by Crippen LogP contribution is 2.23. The molecule has 38 heavy (non-hydrogen) atoms. The first-order valence-electron chi connectivity index (χ1n) is 11.7. The van der Waals surface area contributed by atoms with Crippen LogP contribution in [0, 0.1) is 0 Å². The minimum atomic E-state index is -4.81. The van der Waals surface area contributed by atoms with E-state index in [0.29, 0.717) is 24.2 Å². The van der Waals surface area contributed by atoms with Crippen molar-refractivity contribution in [2.24, 2.45) is 0 Å². The van der Waals surface area contributed by atoms with Gasteiger partial charge < -0.3 is 20.5 Å². The van der Waals surface area contributed by atoms with Crippen molar-refractivity contribution < 1.29 is 32.6 Å². The number of aryl methyl sites for hydroxylation is 2. The minimum Gasteiger partial charge on any atom is -0.406 e. The molecule has 0 bridgehead atoms. The number of unbranched alkanes of at least 4 members (excludes halogenated alkanes) is 1. The van der Waals surface area contributed by atoms with E-state index >= 15 is 0 Å². The summed E-state index contributed by atoms with van der Waals surface area (Å²) in [5.74, 6) is -1.05. The number of carbonyl (C=O) groups is 2. The summed E-state index contributed by atoms with van der Waals surface area (Å²) in [6.07, 6.45) is -1.31. The van der Waals surface area contributed by atoms with E-state index in [-0.39, 0.29) is 24.5 Å². The van der Waals surface area contributed by atoms with Crippen molar-refractivity contribution in [3.8, 4) is 5.75 Å². The molecular weight excluding hydrogens is 507 g/mol. The van der Waals surface area contributed by atoms with Gasteiger partial charge in [-0.05, 0) is 62.9 Å². The Labute approximate surface area is 216 Å². The summed E-state index contributed by atoms with van der Waals surface area (Å²) in [6.45, 7) is 3.81. The standard InChI is InChI=1S/C24H28F3N7O4/c1-23(2,37)15-28-22(36)19-14-34(33-31-19)11-4-3-7-17-9-10-20(32-30-17)29-21(35)13-16-6-5-8-18(12-16)38-24(25,26)27/h5-6,8-10,12,14,37H,3-4,7,11,13,15H2,1-2H3,(H,28,36)(H,29,32,35). The van der Waals surface area contributed by atoms with E-state index in [1.165, 1.54) is 18.3 Å². The number of benzene rings is 1. The number of nitrogens with one attached hydrogen (secondary N) is 2. The zero-order chi connectivity index (χ0) is 27.8. The maximum atomic E-state index is 12.4. The summed E-state index contributed by atoms with van der Waals surface area (Å²) in [4.78, 5) is 24.3. The highest BCUT2D eigenvalue weighted by atomic mass is 19.4. The van der Waals surface area contributed by atoms with Crippen LogP contribution in [0.3, 0.4) is 0 Å². The van der Waals surface area contributed by atoms with Gasteiger partial charge >= 0.3 is 6.36 Å². The molecule has 1 aromatic carbocycles. The second-order valence-electron chi connectivity index (χ2n) is 9.15. The zero-order valence-electron chi connectivity index (χ0n) is 20.8. The van der Waals surface area contributed by atoms with Crippen molar-refractivity contribution in [1.82, 2.24) is 30.5 Å². The average molecular weight is 536 g/mol. The molecule has 2 amide bonds. The summed E-state index contributed by atoms with van der Waals surface area (Å²) < 4.78 is 42.5. The Kier molecular flexibility index (Phi) is 9.34. The van der Waals surface area contributed by atoms with Crippen LogP contribution in [-0.2, 0) is 24.2 Å². The van der Waals surface area contributed by atoms with Gasteiger partial charge in [0.05, 0.1) is 23.9 Å². The zero-order valence-corrected chi connectivity index (χ0v) is 20.8. The highest BCUT2D eigenvalue weighted by molar-refractivity contribution is 5.92. The number of nitrogens with zero attached hydrogens (tertiary/aromatic N) is 5. The van der Waals surface area contributed by atoms with Crippen molar-refractivity contribution >= 4 is 17.6 Å². The van der Waals surface area contributed by atoms with Crippen LogP contribution in [0.15, 0.2) is 42.6 Å². The lowest BCUT2D eigenvalue weighted by atomic mass is 10.1. The normalized spacial score (nSPS) is 11.7. The average Bonchev–Trinajstić information content (AvgIpc) is 3.29. The molecule has 2 heterocycles. The number of halogens is 3. The maximum absolute atomic E-state index is 12.4. The largest absolute Gasteiger partial charge is 0.573 e. The quantitative estimate of drug-likeness (QED) is 0.300. The number of ether oxygens (including phenoxy) is 1. The molecule has 0 saturated heterocycles. The summed E-state index contributed by atoms with van der Waals surface area (Å²) in [6, 6.07) is 8.51. The number of anilines is 1. The van der Waals surface area contributed by atoms with E-state index in [9.17, 15) is 27.9 Å². The van der Waals surface area contributed by atoms with Crippen LogP contribution in [0.25, 0.3) is 0 Å². The Morgan fingerprint density at radius 1 is 1.08 bits per heavy atom. The number of aromatic nitrogens is 5. The molecule has 3 N–H and O–H groups in total. The van der Waals surface area contributed by atoms with Gasteiger partial charge in [0.1, 0.15) is 5.75 Å². The predicted octanol–water partition coefficient (Wildman–Crippen LogP) is 2.67. The molecule has 0 fully saturated rings. The molecule has 3 rings (SSSR count). The van der Waals surface area contributed by atoms with Crippen molar-refractivity contribution in [3.05, 3.63) is 59.5 Å². The summed E-state index contributed by atoms with van der Waals surface area (Å²) in [5, 5.41) is 30.7. The Morgan fingerprint density at radius 3 is 2.55 bits per heavy atom. The third kappa shape index (κ3) is 10.1. The molecular formula is C24H28F3N7O4.